The Balaban J connectivity index is 1.47. The SMILES string of the molecule is Cc1cc(N2CCC(C3CCCCCN3C(=O)NC(C)C)CC2)n2ncnc2n1. The number of nitrogens with zero attached hydrogens (tertiary/aromatic N) is 6. The van der Waals surface area contributed by atoms with Gasteiger partial charge in [0, 0.05) is 43.5 Å². The third-order valence-electron chi connectivity index (χ3n) is 6.24. The van der Waals surface area contributed by atoms with Crippen LogP contribution in [-0.4, -0.2) is 62.2 Å². The zero-order chi connectivity index (χ0) is 20.4. The Morgan fingerprint density at radius 2 is 1.93 bits per heavy atom. The Morgan fingerprint density at radius 1 is 1.14 bits per heavy atom. The first kappa shape index (κ1) is 19.9. The smallest absolute Gasteiger partial charge is 0.317 e. The summed E-state index contributed by atoms with van der Waals surface area (Å²) in [6, 6.07) is 2.73. The maximum absolute atomic E-state index is 12.8. The van der Waals surface area contributed by atoms with Crippen molar-refractivity contribution in [2.24, 2.45) is 5.92 Å². The Labute approximate surface area is 172 Å². The van der Waals surface area contributed by atoms with Crippen LogP contribution in [0, 0.1) is 12.8 Å². The van der Waals surface area contributed by atoms with Gasteiger partial charge in [-0.25, -0.2) is 9.78 Å². The van der Waals surface area contributed by atoms with E-state index < -0.39 is 0 Å². The molecule has 0 aromatic carbocycles. The van der Waals surface area contributed by atoms with Crippen LogP contribution >= 0.6 is 0 Å². The number of likely N-dealkylation sites (tertiary alicyclic amines) is 1. The zero-order valence-corrected chi connectivity index (χ0v) is 17.8. The van der Waals surface area contributed by atoms with Gasteiger partial charge in [0.15, 0.2) is 0 Å². The molecule has 2 aliphatic rings. The largest absolute Gasteiger partial charge is 0.356 e. The monoisotopic (exact) mass is 399 g/mol. The third-order valence-corrected chi connectivity index (χ3v) is 6.24. The highest BCUT2D eigenvalue weighted by Crippen LogP contribution is 2.32. The van der Waals surface area contributed by atoms with Crippen LogP contribution in [0.5, 0.6) is 0 Å². The number of carbonyl (C=O) groups excluding carboxylic acids is 1. The molecule has 4 heterocycles. The zero-order valence-electron chi connectivity index (χ0n) is 17.8. The molecule has 0 bridgehead atoms. The van der Waals surface area contributed by atoms with Gasteiger partial charge in [-0.1, -0.05) is 12.8 Å². The van der Waals surface area contributed by atoms with E-state index in [1.165, 1.54) is 12.8 Å². The van der Waals surface area contributed by atoms with E-state index in [1.807, 2.05) is 25.3 Å². The van der Waals surface area contributed by atoms with Gasteiger partial charge in [-0.3, -0.25) is 0 Å². The molecule has 1 atom stereocenters. The predicted octanol–water partition coefficient (Wildman–Crippen LogP) is 3.01. The van der Waals surface area contributed by atoms with Crippen molar-refractivity contribution in [1.29, 1.82) is 0 Å². The Morgan fingerprint density at radius 3 is 2.69 bits per heavy atom. The average molecular weight is 400 g/mol. The summed E-state index contributed by atoms with van der Waals surface area (Å²) in [5, 5.41) is 7.48. The van der Waals surface area contributed by atoms with E-state index in [0.29, 0.717) is 17.7 Å². The lowest BCUT2D eigenvalue weighted by Gasteiger charge is -2.41. The van der Waals surface area contributed by atoms with Crippen LogP contribution in [0.2, 0.25) is 0 Å². The van der Waals surface area contributed by atoms with Crippen molar-refractivity contribution in [2.75, 3.05) is 24.5 Å². The first-order valence-electron chi connectivity index (χ1n) is 11.0. The second kappa shape index (κ2) is 8.55. The molecule has 2 aliphatic heterocycles. The molecule has 2 amide bonds. The molecule has 1 N–H and O–H groups in total. The summed E-state index contributed by atoms with van der Waals surface area (Å²) in [6.45, 7) is 8.89. The van der Waals surface area contributed by atoms with E-state index in [9.17, 15) is 4.79 Å². The van der Waals surface area contributed by atoms with Crippen molar-refractivity contribution in [1.82, 2.24) is 29.8 Å². The van der Waals surface area contributed by atoms with Gasteiger partial charge in [0.05, 0.1) is 0 Å². The number of urea groups is 1. The summed E-state index contributed by atoms with van der Waals surface area (Å²) in [5.41, 5.74) is 0.961. The summed E-state index contributed by atoms with van der Waals surface area (Å²) in [7, 11) is 0. The van der Waals surface area contributed by atoms with E-state index >= 15 is 0 Å². The Bertz CT molecular complexity index is 841. The molecule has 8 nitrogen and oxygen atoms in total. The third kappa shape index (κ3) is 4.31. The molecule has 158 valence electrons. The minimum atomic E-state index is 0.114. The lowest BCUT2D eigenvalue weighted by atomic mass is 9.86. The maximum atomic E-state index is 12.8. The molecule has 8 heteroatoms. The van der Waals surface area contributed by atoms with Gasteiger partial charge in [-0.05, 0) is 52.4 Å². The van der Waals surface area contributed by atoms with Gasteiger partial charge in [-0.2, -0.15) is 14.6 Å². The van der Waals surface area contributed by atoms with Crippen molar-refractivity contribution < 1.29 is 4.79 Å². The summed E-state index contributed by atoms with van der Waals surface area (Å²) in [6.07, 6.45) is 8.43. The van der Waals surface area contributed by atoms with Crippen LogP contribution in [0.25, 0.3) is 5.78 Å². The molecule has 0 spiro atoms. The van der Waals surface area contributed by atoms with Crippen molar-refractivity contribution in [3.8, 4) is 0 Å². The van der Waals surface area contributed by atoms with E-state index in [1.54, 1.807) is 6.33 Å². The molecular formula is C21H33N7O. The van der Waals surface area contributed by atoms with E-state index in [-0.39, 0.29) is 12.1 Å². The normalized spacial score (nSPS) is 21.6. The van der Waals surface area contributed by atoms with Crippen LogP contribution in [0.3, 0.4) is 0 Å². The van der Waals surface area contributed by atoms with Crippen molar-refractivity contribution in [2.45, 2.75) is 71.4 Å². The predicted molar refractivity (Wildman–Crippen MR) is 113 cm³/mol. The van der Waals surface area contributed by atoms with Gasteiger partial charge in [0.25, 0.3) is 5.78 Å². The second-order valence-electron chi connectivity index (χ2n) is 8.77. The number of hydrogen-bond donors (Lipinski definition) is 1. The number of fused-ring (bicyclic) bond motifs is 1. The van der Waals surface area contributed by atoms with Crippen LogP contribution in [0.4, 0.5) is 10.6 Å². The lowest BCUT2D eigenvalue weighted by Crippen LogP contribution is -2.52. The number of aryl methyl sites for hydroxylation is 1. The number of nitrogens with one attached hydrogen (secondary N) is 1. The molecule has 0 saturated carbocycles. The molecule has 0 aliphatic carbocycles. The van der Waals surface area contributed by atoms with Gasteiger partial charge in [0.1, 0.15) is 12.1 Å². The number of piperidine rings is 1. The molecule has 29 heavy (non-hydrogen) atoms. The van der Waals surface area contributed by atoms with Crippen LogP contribution in [-0.2, 0) is 0 Å². The second-order valence-corrected chi connectivity index (χ2v) is 8.77. The van der Waals surface area contributed by atoms with Crippen LogP contribution in [0.15, 0.2) is 12.4 Å². The summed E-state index contributed by atoms with van der Waals surface area (Å²) in [4.78, 5) is 26.1. The lowest BCUT2D eigenvalue weighted by molar-refractivity contribution is 0.135. The topological polar surface area (TPSA) is 78.7 Å². The van der Waals surface area contributed by atoms with Gasteiger partial charge < -0.3 is 15.1 Å². The fourth-order valence-corrected chi connectivity index (χ4v) is 4.86. The molecule has 2 aromatic heterocycles. The standard InChI is InChI=1S/C21H33N7O/c1-15(2)24-21(29)27-10-6-4-5-7-18(27)17-8-11-26(12-9-17)19-13-16(3)25-20-22-14-23-28(19)20/h13-15,17-18H,4-12H2,1-3H3,(H,24,29). The maximum Gasteiger partial charge on any atom is 0.317 e. The van der Waals surface area contributed by atoms with E-state index in [0.717, 1.165) is 56.8 Å². The highest BCUT2D eigenvalue weighted by atomic mass is 16.2. The number of amides is 2. The molecule has 0 radical (unpaired) electrons. The van der Waals surface area contributed by atoms with E-state index in [2.05, 4.69) is 36.2 Å². The summed E-state index contributed by atoms with van der Waals surface area (Å²) >= 11 is 0. The first-order valence-corrected chi connectivity index (χ1v) is 11.0. The minimum Gasteiger partial charge on any atom is -0.356 e. The molecular weight excluding hydrogens is 366 g/mol. The number of carbonyl (C=O) groups is 1. The fraction of sp³-hybridized carbons (Fsp3) is 0.714. The van der Waals surface area contributed by atoms with Crippen LogP contribution in [0.1, 0.15) is 58.1 Å². The van der Waals surface area contributed by atoms with Gasteiger partial charge in [-0.15, -0.1) is 0 Å². The van der Waals surface area contributed by atoms with E-state index in [4.69, 9.17) is 0 Å². The molecule has 2 saturated heterocycles. The summed E-state index contributed by atoms with van der Waals surface area (Å²) < 4.78 is 1.83. The van der Waals surface area contributed by atoms with Crippen molar-refractivity contribution in [3.05, 3.63) is 18.1 Å². The number of anilines is 1. The van der Waals surface area contributed by atoms with Crippen molar-refractivity contribution >= 4 is 17.6 Å². The molecule has 4 rings (SSSR count). The average Bonchev–Trinajstić information content (AvgIpc) is 3.02. The number of aromatic nitrogens is 4. The number of rotatable bonds is 3. The van der Waals surface area contributed by atoms with Crippen molar-refractivity contribution in [3.63, 3.8) is 0 Å². The first-order chi connectivity index (χ1) is 14.0. The van der Waals surface area contributed by atoms with Crippen LogP contribution < -0.4 is 10.2 Å². The van der Waals surface area contributed by atoms with Gasteiger partial charge >= 0.3 is 6.03 Å². The molecule has 2 fully saturated rings. The highest BCUT2D eigenvalue weighted by Gasteiger charge is 2.34. The fourth-order valence-electron chi connectivity index (χ4n) is 4.86. The summed E-state index contributed by atoms with van der Waals surface area (Å²) in [5.74, 6) is 2.28. The Hall–Kier alpha value is -2.38. The Kier molecular flexibility index (Phi) is 5.87. The quantitative estimate of drug-likeness (QED) is 0.858. The minimum absolute atomic E-state index is 0.114. The van der Waals surface area contributed by atoms with Gasteiger partial charge in [0.2, 0.25) is 0 Å². The molecule has 2 aromatic rings. The highest BCUT2D eigenvalue weighted by molar-refractivity contribution is 5.75. The number of hydrogen-bond acceptors (Lipinski definition) is 5. The molecule has 1 unspecified atom stereocenters.